The Bertz CT molecular complexity index is 1260. The van der Waals surface area contributed by atoms with Gasteiger partial charge in [-0.3, -0.25) is 14.4 Å². The molecule has 0 bridgehead atoms. The maximum atomic E-state index is 12.8. The van der Waals surface area contributed by atoms with Crippen LogP contribution in [0.25, 0.3) is 0 Å². The summed E-state index contributed by atoms with van der Waals surface area (Å²) in [4.78, 5) is 38.1. The number of esters is 3. The molecular formula is C61H106O6. The number of carbonyl (C=O) groups excluding carboxylic acids is 3. The predicted molar refractivity (Wildman–Crippen MR) is 288 cm³/mol. The fraction of sp³-hybridized carbons (Fsp3) is 0.754. The molecule has 0 aliphatic heterocycles. The van der Waals surface area contributed by atoms with Crippen molar-refractivity contribution in [3.8, 4) is 0 Å². The highest BCUT2D eigenvalue weighted by Crippen LogP contribution is 2.15. The first kappa shape index (κ1) is 63.8. The SMILES string of the molecule is CCCCC/C=C\C/C=C\C/C=C\CCCCCCCCC(=O)OC[C@@H](COC(=O)CCCCCCCCCCCCC)OC(=O)CCCCCCCC/C=C\C/C=C\C/C=C\CCCCC. The molecule has 0 radical (unpaired) electrons. The molecule has 0 aliphatic carbocycles. The minimum absolute atomic E-state index is 0.0834. The predicted octanol–water partition coefficient (Wildman–Crippen LogP) is 19.0. The van der Waals surface area contributed by atoms with Crippen molar-refractivity contribution in [1.29, 1.82) is 0 Å². The van der Waals surface area contributed by atoms with Gasteiger partial charge in [0.15, 0.2) is 6.10 Å². The standard InChI is InChI=1S/C61H106O6/c1-4-7-10-13-16-19-22-24-26-28-30-32-34-36-39-42-45-48-51-54-60(63)66-57-58(56-65-59(62)53-50-47-44-41-38-21-18-15-12-9-6-3)67-61(64)55-52-49-46-43-40-37-35-33-31-29-27-25-23-20-17-14-11-8-5-2/h16-17,19-20,24-27,30-33,58H,4-15,18,21-23,28-29,34-57H2,1-3H3/b19-16-,20-17-,26-24-,27-25-,32-30-,33-31-/t58-/m1/s1. The Morgan fingerprint density at radius 3 is 0.866 bits per heavy atom. The monoisotopic (exact) mass is 935 g/mol. The summed E-state index contributed by atoms with van der Waals surface area (Å²) in [6.45, 7) is 6.57. The van der Waals surface area contributed by atoms with Gasteiger partial charge in [-0.1, -0.05) is 235 Å². The molecule has 67 heavy (non-hydrogen) atoms. The number of hydrogen-bond donors (Lipinski definition) is 0. The highest BCUT2D eigenvalue weighted by atomic mass is 16.6. The van der Waals surface area contributed by atoms with Crippen molar-refractivity contribution in [2.75, 3.05) is 13.2 Å². The van der Waals surface area contributed by atoms with Gasteiger partial charge in [-0.25, -0.2) is 0 Å². The van der Waals surface area contributed by atoms with Crippen molar-refractivity contribution in [1.82, 2.24) is 0 Å². The van der Waals surface area contributed by atoms with E-state index in [9.17, 15) is 14.4 Å². The van der Waals surface area contributed by atoms with E-state index in [2.05, 4.69) is 93.7 Å². The van der Waals surface area contributed by atoms with Crippen molar-refractivity contribution < 1.29 is 28.6 Å². The second-order valence-corrected chi connectivity index (χ2v) is 18.8. The highest BCUT2D eigenvalue weighted by molar-refractivity contribution is 5.71. The van der Waals surface area contributed by atoms with E-state index in [1.807, 2.05) is 0 Å². The quantitative estimate of drug-likeness (QED) is 0.0262. The first-order chi connectivity index (χ1) is 33.0. The van der Waals surface area contributed by atoms with Gasteiger partial charge in [-0.15, -0.1) is 0 Å². The molecule has 6 heteroatoms. The lowest BCUT2D eigenvalue weighted by Gasteiger charge is -2.18. The maximum absolute atomic E-state index is 12.8. The average molecular weight is 936 g/mol. The number of hydrogen-bond acceptors (Lipinski definition) is 6. The zero-order chi connectivity index (χ0) is 48.6. The Morgan fingerprint density at radius 2 is 0.537 bits per heavy atom. The zero-order valence-corrected chi connectivity index (χ0v) is 44.2. The number of unbranched alkanes of at least 4 members (excludes halogenated alkanes) is 28. The molecule has 386 valence electrons. The van der Waals surface area contributed by atoms with Crippen LogP contribution in [-0.2, 0) is 28.6 Å². The lowest BCUT2D eigenvalue weighted by atomic mass is 10.1. The van der Waals surface area contributed by atoms with Crippen LogP contribution in [0.3, 0.4) is 0 Å². The Labute approximate surface area is 414 Å². The molecule has 0 aromatic heterocycles. The first-order valence-corrected chi connectivity index (χ1v) is 28.4. The van der Waals surface area contributed by atoms with Crippen LogP contribution in [0.5, 0.6) is 0 Å². The molecule has 0 saturated heterocycles. The molecule has 0 heterocycles. The fourth-order valence-corrected chi connectivity index (χ4v) is 7.87. The van der Waals surface area contributed by atoms with Crippen LogP contribution in [0.1, 0.15) is 278 Å². The number of carbonyl (C=O) groups is 3. The molecular weight excluding hydrogens is 829 g/mol. The van der Waals surface area contributed by atoms with Crippen LogP contribution in [0, 0.1) is 0 Å². The van der Waals surface area contributed by atoms with Gasteiger partial charge >= 0.3 is 17.9 Å². The van der Waals surface area contributed by atoms with E-state index < -0.39 is 6.10 Å². The van der Waals surface area contributed by atoms with E-state index in [1.54, 1.807) is 0 Å². The molecule has 0 unspecified atom stereocenters. The van der Waals surface area contributed by atoms with Crippen molar-refractivity contribution in [3.05, 3.63) is 72.9 Å². The lowest BCUT2D eigenvalue weighted by molar-refractivity contribution is -0.167. The van der Waals surface area contributed by atoms with Gasteiger partial charge in [0.05, 0.1) is 0 Å². The number of ether oxygens (including phenoxy) is 3. The molecule has 0 aromatic carbocycles. The van der Waals surface area contributed by atoms with Gasteiger partial charge < -0.3 is 14.2 Å². The van der Waals surface area contributed by atoms with Crippen LogP contribution in [0.4, 0.5) is 0 Å². The van der Waals surface area contributed by atoms with Crippen LogP contribution in [0.2, 0.25) is 0 Å². The fourth-order valence-electron chi connectivity index (χ4n) is 7.87. The van der Waals surface area contributed by atoms with Crippen molar-refractivity contribution in [2.45, 2.75) is 284 Å². The van der Waals surface area contributed by atoms with Crippen LogP contribution >= 0.6 is 0 Å². The third-order valence-corrected chi connectivity index (χ3v) is 12.2. The second-order valence-electron chi connectivity index (χ2n) is 18.8. The largest absolute Gasteiger partial charge is 0.462 e. The van der Waals surface area contributed by atoms with E-state index in [4.69, 9.17) is 14.2 Å². The van der Waals surface area contributed by atoms with Crippen molar-refractivity contribution >= 4 is 17.9 Å². The summed E-state index contributed by atoms with van der Waals surface area (Å²) < 4.78 is 16.8. The van der Waals surface area contributed by atoms with Gasteiger partial charge in [0.2, 0.25) is 0 Å². The topological polar surface area (TPSA) is 78.9 Å². The summed E-state index contributed by atoms with van der Waals surface area (Å²) in [5.41, 5.74) is 0. The minimum atomic E-state index is -0.786. The summed E-state index contributed by atoms with van der Waals surface area (Å²) in [6, 6.07) is 0. The van der Waals surface area contributed by atoms with Gasteiger partial charge in [-0.05, 0) is 96.3 Å². The molecule has 0 fully saturated rings. The van der Waals surface area contributed by atoms with Gasteiger partial charge in [0.1, 0.15) is 13.2 Å². The second kappa shape index (κ2) is 55.4. The summed E-state index contributed by atoms with van der Waals surface area (Å²) in [6.07, 6.45) is 70.2. The van der Waals surface area contributed by atoms with E-state index >= 15 is 0 Å². The molecule has 0 aliphatic rings. The summed E-state index contributed by atoms with van der Waals surface area (Å²) in [5.74, 6) is -0.903. The van der Waals surface area contributed by atoms with Gasteiger partial charge in [0, 0.05) is 19.3 Å². The van der Waals surface area contributed by atoms with Crippen molar-refractivity contribution in [2.24, 2.45) is 0 Å². The van der Waals surface area contributed by atoms with E-state index in [0.717, 1.165) is 103 Å². The van der Waals surface area contributed by atoms with E-state index in [-0.39, 0.29) is 31.1 Å². The summed E-state index contributed by atoms with van der Waals surface area (Å²) in [7, 11) is 0. The molecule has 0 aromatic rings. The highest BCUT2D eigenvalue weighted by Gasteiger charge is 2.19. The molecule has 0 saturated carbocycles. The first-order valence-electron chi connectivity index (χ1n) is 28.4. The minimum Gasteiger partial charge on any atom is -0.462 e. The van der Waals surface area contributed by atoms with Gasteiger partial charge in [0.25, 0.3) is 0 Å². The van der Waals surface area contributed by atoms with E-state index in [1.165, 1.54) is 135 Å². The molecule has 6 nitrogen and oxygen atoms in total. The molecule has 1 atom stereocenters. The van der Waals surface area contributed by atoms with Gasteiger partial charge in [-0.2, -0.15) is 0 Å². The maximum Gasteiger partial charge on any atom is 0.306 e. The van der Waals surface area contributed by atoms with Crippen LogP contribution in [0.15, 0.2) is 72.9 Å². The van der Waals surface area contributed by atoms with Crippen LogP contribution in [-0.4, -0.2) is 37.2 Å². The Balaban J connectivity index is 4.39. The van der Waals surface area contributed by atoms with Crippen LogP contribution < -0.4 is 0 Å². The summed E-state index contributed by atoms with van der Waals surface area (Å²) in [5, 5.41) is 0. The Kier molecular flexibility index (Phi) is 52.8. The third-order valence-electron chi connectivity index (χ3n) is 12.2. The third kappa shape index (κ3) is 53.7. The van der Waals surface area contributed by atoms with Crippen molar-refractivity contribution in [3.63, 3.8) is 0 Å². The average Bonchev–Trinajstić information content (AvgIpc) is 3.33. The van der Waals surface area contributed by atoms with E-state index in [0.29, 0.717) is 19.3 Å². The number of allylic oxidation sites excluding steroid dienone is 12. The number of rotatable bonds is 51. The Morgan fingerprint density at radius 1 is 0.299 bits per heavy atom. The molecule has 0 amide bonds. The Hall–Kier alpha value is -3.15. The smallest absolute Gasteiger partial charge is 0.306 e. The molecule has 0 spiro atoms. The zero-order valence-electron chi connectivity index (χ0n) is 44.2. The normalized spacial score (nSPS) is 12.6. The lowest BCUT2D eigenvalue weighted by Crippen LogP contribution is -2.30. The summed E-state index contributed by atoms with van der Waals surface area (Å²) >= 11 is 0. The molecule has 0 N–H and O–H groups in total. The molecule has 0 rings (SSSR count).